The largest absolute Gasteiger partial charge is 0.497 e. The lowest BCUT2D eigenvalue weighted by molar-refractivity contribution is -0.123. The molecule has 166 valence electrons. The zero-order valence-electron chi connectivity index (χ0n) is 18.9. The number of carbonyl (C=O) groups excluding carboxylic acids is 1. The first kappa shape index (κ1) is 23.0. The van der Waals surface area contributed by atoms with Gasteiger partial charge in [0.2, 0.25) is 0 Å². The van der Waals surface area contributed by atoms with E-state index in [1.165, 1.54) is 0 Å². The van der Waals surface area contributed by atoms with Crippen LogP contribution in [-0.2, 0) is 14.0 Å². The lowest BCUT2D eigenvalue weighted by atomic mass is 9.84. The Bertz CT molecular complexity index is 734. The molecule has 2 bridgehead atoms. The molecule has 3 rings (SSSR count). The average molecular weight is 433 g/mol. The van der Waals surface area contributed by atoms with Crippen molar-refractivity contribution in [2.24, 2.45) is 11.8 Å². The van der Waals surface area contributed by atoms with E-state index in [0.29, 0.717) is 18.8 Å². The first-order chi connectivity index (χ1) is 14.4. The Balaban J connectivity index is 1.67. The van der Waals surface area contributed by atoms with E-state index in [2.05, 4.69) is 27.4 Å². The molecule has 0 radical (unpaired) electrons. The fraction of sp³-hybridized carbons (Fsp3) is 0.625. The smallest absolute Gasteiger partial charge is 0.193 e. The summed E-state index contributed by atoms with van der Waals surface area (Å²) in [5, 5.41) is 0. The van der Waals surface area contributed by atoms with Crippen LogP contribution in [0, 0.1) is 11.8 Å². The highest BCUT2D eigenvalue weighted by Gasteiger charge is 2.62. The van der Waals surface area contributed by atoms with Crippen molar-refractivity contribution in [3.05, 3.63) is 36.4 Å². The van der Waals surface area contributed by atoms with Crippen molar-refractivity contribution >= 4 is 14.1 Å². The standard InChI is InChI=1S/C24H36O5Si/c1-6-30(7-2,8-3)29-24(19-9-14-22(24)23(25)15-19)18(4)16-27-17-28-21-12-10-20(26-5)11-13-21/h10-13,19,22H,4,6-9,14-17H2,1-3,5H3/t19-,22+,24?/m1/s1. The molecule has 0 aliphatic heterocycles. The Kier molecular flexibility index (Phi) is 7.42. The van der Waals surface area contributed by atoms with Gasteiger partial charge in [-0.25, -0.2) is 0 Å². The molecule has 1 aromatic rings. The van der Waals surface area contributed by atoms with E-state index in [-0.39, 0.29) is 18.6 Å². The van der Waals surface area contributed by atoms with Gasteiger partial charge in [0.1, 0.15) is 17.3 Å². The van der Waals surface area contributed by atoms with E-state index in [4.69, 9.17) is 18.6 Å². The molecule has 3 atom stereocenters. The lowest BCUT2D eigenvalue weighted by Crippen LogP contribution is -2.52. The van der Waals surface area contributed by atoms with Crippen molar-refractivity contribution in [2.45, 2.75) is 63.8 Å². The lowest BCUT2D eigenvalue weighted by Gasteiger charge is -2.44. The summed E-state index contributed by atoms with van der Waals surface area (Å²) < 4.78 is 23.8. The third kappa shape index (κ3) is 4.23. The Morgan fingerprint density at radius 1 is 1.10 bits per heavy atom. The fourth-order valence-electron chi connectivity index (χ4n) is 5.27. The van der Waals surface area contributed by atoms with Crippen LogP contribution in [0.25, 0.3) is 0 Å². The van der Waals surface area contributed by atoms with Crippen molar-refractivity contribution in [1.29, 1.82) is 0 Å². The Morgan fingerprint density at radius 2 is 1.73 bits per heavy atom. The molecule has 2 saturated carbocycles. The van der Waals surface area contributed by atoms with Crippen molar-refractivity contribution in [2.75, 3.05) is 20.5 Å². The second kappa shape index (κ2) is 9.67. The van der Waals surface area contributed by atoms with Crippen molar-refractivity contribution in [1.82, 2.24) is 0 Å². The van der Waals surface area contributed by atoms with E-state index in [1.54, 1.807) is 7.11 Å². The second-order valence-corrected chi connectivity index (χ2v) is 13.2. The predicted octanol–water partition coefficient (Wildman–Crippen LogP) is 5.36. The summed E-state index contributed by atoms with van der Waals surface area (Å²) in [7, 11) is -0.276. The molecule has 0 N–H and O–H groups in total. The van der Waals surface area contributed by atoms with Crippen LogP contribution < -0.4 is 9.47 Å². The maximum absolute atomic E-state index is 12.7. The minimum absolute atomic E-state index is 0.0577. The van der Waals surface area contributed by atoms with E-state index in [0.717, 1.165) is 48.0 Å². The summed E-state index contributed by atoms with van der Waals surface area (Å²) in [6, 6.07) is 10.6. The highest BCUT2D eigenvalue weighted by Crippen LogP contribution is 2.57. The van der Waals surface area contributed by atoms with Gasteiger partial charge in [0.05, 0.1) is 19.3 Å². The van der Waals surface area contributed by atoms with E-state index >= 15 is 0 Å². The molecule has 0 amide bonds. The first-order valence-corrected chi connectivity index (χ1v) is 13.7. The Morgan fingerprint density at radius 3 is 2.23 bits per heavy atom. The van der Waals surface area contributed by atoms with Gasteiger partial charge in [0.25, 0.3) is 0 Å². The van der Waals surface area contributed by atoms with Crippen molar-refractivity contribution < 1.29 is 23.4 Å². The van der Waals surface area contributed by atoms with Crippen LogP contribution in [0.1, 0.15) is 40.0 Å². The summed E-state index contributed by atoms with van der Waals surface area (Å²) >= 11 is 0. The molecular weight excluding hydrogens is 396 g/mol. The number of ketones is 1. The van der Waals surface area contributed by atoms with Crippen LogP contribution in [-0.4, -0.2) is 40.2 Å². The SMILES string of the molecule is C=C(COCOc1ccc(OC)cc1)C1(O[Si](CC)(CC)CC)[C@@H]2CC[C@H]1C(=O)C2. The summed E-state index contributed by atoms with van der Waals surface area (Å²) in [4.78, 5) is 12.7. The fourth-order valence-corrected chi connectivity index (χ4v) is 8.37. The van der Waals surface area contributed by atoms with Crippen LogP contribution in [0.3, 0.4) is 0 Å². The molecule has 2 fully saturated rings. The molecule has 30 heavy (non-hydrogen) atoms. The number of fused-ring (bicyclic) bond motifs is 2. The molecule has 0 saturated heterocycles. The molecule has 0 spiro atoms. The van der Waals surface area contributed by atoms with Crippen molar-refractivity contribution in [3.63, 3.8) is 0 Å². The molecule has 2 aliphatic carbocycles. The number of ether oxygens (including phenoxy) is 3. The number of hydrogen-bond acceptors (Lipinski definition) is 5. The van der Waals surface area contributed by atoms with Gasteiger partial charge in [-0.2, -0.15) is 0 Å². The molecule has 5 nitrogen and oxygen atoms in total. The normalized spacial score (nSPS) is 25.5. The Hall–Kier alpha value is -1.63. The van der Waals surface area contributed by atoms with Gasteiger partial charge < -0.3 is 18.6 Å². The topological polar surface area (TPSA) is 54.0 Å². The highest BCUT2D eigenvalue weighted by molar-refractivity contribution is 6.73. The van der Waals surface area contributed by atoms with Gasteiger partial charge in [-0.15, -0.1) is 0 Å². The minimum Gasteiger partial charge on any atom is -0.497 e. The molecule has 0 heterocycles. The maximum atomic E-state index is 12.7. The van der Waals surface area contributed by atoms with E-state index in [9.17, 15) is 4.79 Å². The summed E-state index contributed by atoms with van der Waals surface area (Å²) in [6.45, 7) is 11.5. The number of methoxy groups -OCH3 is 1. The number of rotatable bonds is 12. The Labute approximate surface area is 181 Å². The van der Waals surface area contributed by atoms with Crippen LogP contribution in [0.4, 0.5) is 0 Å². The second-order valence-electron chi connectivity index (χ2n) is 8.53. The van der Waals surface area contributed by atoms with E-state index in [1.807, 2.05) is 24.3 Å². The van der Waals surface area contributed by atoms with Crippen LogP contribution >= 0.6 is 0 Å². The number of hydrogen-bond donors (Lipinski definition) is 0. The zero-order chi connectivity index (χ0) is 21.8. The zero-order valence-corrected chi connectivity index (χ0v) is 19.9. The van der Waals surface area contributed by atoms with Gasteiger partial charge in [-0.05, 0) is 66.7 Å². The molecule has 1 aromatic carbocycles. The molecule has 6 heteroatoms. The minimum atomic E-state index is -1.91. The van der Waals surface area contributed by atoms with Gasteiger partial charge in [-0.1, -0.05) is 27.4 Å². The van der Waals surface area contributed by atoms with Gasteiger partial charge >= 0.3 is 0 Å². The summed E-state index contributed by atoms with van der Waals surface area (Å²) in [6.07, 6.45) is 2.57. The molecule has 1 unspecified atom stereocenters. The van der Waals surface area contributed by atoms with Gasteiger partial charge in [0, 0.05) is 12.3 Å². The predicted molar refractivity (Wildman–Crippen MR) is 120 cm³/mol. The number of Topliss-reactive ketones (excluding diaryl/α,β-unsaturated/α-hetero) is 1. The summed E-state index contributed by atoms with van der Waals surface area (Å²) in [5.74, 6) is 2.03. The molecule has 2 aliphatic rings. The van der Waals surface area contributed by atoms with Crippen LogP contribution in [0.2, 0.25) is 18.1 Å². The van der Waals surface area contributed by atoms with Gasteiger partial charge in [-0.3, -0.25) is 4.79 Å². The van der Waals surface area contributed by atoms with E-state index < -0.39 is 13.9 Å². The molecule has 0 aromatic heterocycles. The quantitative estimate of drug-likeness (QED) is 0.192. The first-order valence-electron chi connectivity index (χ1n) is 11.2. The average Bonchev–Trinajstić information content (AvgIpc) is 3.26. The number of carbonyl (C=O) groups is 1. The maximum Gasteiger partial charge on any atom is 0.193 e. The van der Waals surface area contributed by atoms with Crippen LogP contribution in [0.5, 0.6) is 11.5 Å². The highest BCUT2D eigenvalue weighted by atomic mass is 28.4. The van der Waals surface area contributed by atoms with Gasteiger partial charge in [0.15, 0.2) is 15.1 Å². The van der Waals surface area contributed by atoms with Crippen LogP contribution in [0.15, 0.2) is 36.4 Å². The summed E-state index contributed by atoms with van der Waals surface area (Å²) in [5.41, 5.74) is 0.372. The third-order valence-corrected chi connectivity index (χ3v) is 11.9. The molecular formula is C24H36O5Si. The van der Waals surface area contributed by atoms with Crippen molar-refractivity contribution in [3.8, 4) is 11.5 Å². The monoisotopic (exact) mass is 432 g/mol. The third-order valence-electron chi connectivity index (χ3n) is 7.28. The number of benzene rings is 1.